The number of amides is 2. The molecule has 144 valence electrons. The van der Waals surface area contributed by atoms with Crippen molar-refractivity contribution in [2.24, 2.45) is 0 Å². The third-order valence-corrected chi connectivity index (χ3v) is 4.92. The zero-order chi connectivity index (χ0) is 20.1. The molecule has 0 radical (unpaired) electrons. The largest absolute Gasteiger partial charge is 0.489 e. The minimum absolute atomic E-state index is 0.133. The molecule has 0 aliphatic carbocycles. The molecule has 0 fully saturated rings. The molecule has 0 aliphatic heterocycles. The molecule has 0 saturated carbocycles. The zero-order valence-electron chi connectivity index (χ0n) is 16.0. The highest BCUT2D eigenvalue weighted by Crippen LogP contribution is 2.21. The summed E-state index contributed by atoms with van der Waals surface area (Å²) in [5.74, 6) is 0.523. The third kappa shape index (κ3) is 5.44. The van der Waals surface area contributed by atoms with Gasteiger partial charge in [0.25, 0.3) is 5.91 Å². The molecular weight excluding hydrogens is 372 g/mol. The molecular formula is C22H22N2O3S. The van der Waals surface area contributed by atoms with Crippen molar-refractivity contribution in [1.82, 2.24) is 0 Å². The van der Waals surface area contributed by atoms with Crippen LogP contribution in [-0.2, 0) is 11.4 Å². The lowest BCUT2D eigenvalue weighted by Crippen LogP contribution is -2.10. The number of thiophene rings is 1. The zero-order valence-corrected chi connectivity index (χ0v) is 16.9. The van der Waals surface area contributed by atoms with E-state index in [1.54, 1.807) is 24.3 Å². The standard InChI is InChI=1S/C22H22N2O3S/c1-14-8-15(2)10-20(9-14)27-12-17-11-21(28-13-17)22(26)24-19-6-4-18(5-7-19)23-16(3)25/h4-11,13H,12H2,1-3H3,(H,23,25)(H,24,26). The summed E-state index contributed by atoms with van der Waals surface area (Å²) in [6, 6.07) is 14.9. The molecule has 0 bridgehead atoms. The Bertz CT molecular complexity index is 973. The van der Waals surface area contributed by atoms with Gasteiger partial charge >= 0.3 is 0 Å². The summed E-state index contributed by atoms with van der Waals surface area (Å²) in [5, 5.41) is 7.48. The number of aryl methyl sites for hydroxylation is 2. The molecule has 0 saturated heterocycles. The van der Waals surface area contributed by atoms with Crippen LogP contribution in [0.25, 0.3) is 0 Å². The van der Waals surface area contributed by atoms with Gasteiger partial charge in [0.15, 0.2) is 0 Å². The van der Waals surface area contributed by atoms with Crippen molar-refractivity contribution in [3.63, 3.8) is 0 Å². The Morgan fingerprint density at radius 1 is 0.929 bits per heavy atom. The van der Waals surface area contributed by atoms with E-state index in [1.807, 2.05) is 37.4 Å². The van der Waals surface area contributed by atoms with E-state index >= 15 is 0 Å². The van der Waals surface area contributed by atoms with Gasteiger partial charge < -0.3 is 15.4 Å². The summed E-state index contributed by atoms with van der Waals surface area (Å²) in [6.45, 7) is 5.94. The Hall–Kier alpha value is -3.12. The van der Waals surface area contributed by atoms with E-state index < -0.39 is 0 Å². The summed E-state index contributed by atoms with van der Waals surface area (Å²) < 4.78 is 5.85. The number of nitrogens with one attached hydrogen (secondary N) is 2. The van der Waals surface area contributed by atoms with Gasteiger partial charge in [-0.25, -0.2) is 0 Å². The monoisotopic (exact) mass is 394 g/mol. The van der Waals surface area contributed by atoms with Crippen LogP contribution in [0.1, 0.15) is 33.3 Å². The van der Waals surface area contributed by atoms with Crippen LogP contribution in [0, 0.1) is 13.8 Å². The quantitative estimate of drug-likeness (QED) is 0.607. The van der Waals surface area contributed by atoms with Crippen LogP contribution in [0.4, 0.5) is 11.4 Å². The van der Waals surface area contributed by atoms with E-state index in [9.17, 15) is 9.59 Å². The number of hydrogen-bond donors (Lipinski definition) is 2. The Morgan fingerprint density at radius 2 is 1.54 bits per heavy atom. The average Bonchev–Trinajstić information content (AvgIpc) is 3.10. The van der Waals surface area contributed by atoms with E-state index in [4.69, 9.17) is 4.74 Å². The van der Waals surface area contributed by atoms with E-state index in [1.165, 1.54) is 18.3 Å². The van der Waals surface area contributed by atoms with Crippen LogP contribution < -0.4 is 15.4 Å². The van der Waals surface area contributed by atoms with Crippen molar-refractivity contribution in [1.29, 1.82) is 0 Å². The van der Waals surface area contributed by atoms with Crippen LogP contribution in [0.2, 0.25) is 0 Å². The first kappa shape index (κ1) is 19.6. The van der Waals surface area contributed by atoms with Crippen molar-refractivity contribution < 1.29 is 14.3 Å². The fourth-order valence-corrected chi connectivity index (χ4v) is 3.58. The second-order valence-electron chi connectivity index (χ2n) is 6.64. The molecule has 6 heteroatoms. The number of benzene rings is 2. The van der Waals surface area contributed by atoms with Crippen LogP contribution in [0.5, 0.6) is 5.75 Å². The van der Waals surface area contributed by atoms with Crippen molar-refractivity contribution >= 4 is 34.5 Å². The molecule has 2 amide bonds. The maximum Gasteiger partial charge on any atom is 0.265 e. The number of carbonyl (C=O) groups excluding carboxylic acids is 2. The lowest BCUT2D eigenvalue weighted by molar-refractivity contribution is -0.114. The predicted octanol–water partition coefficient (Wildman–Crippen LogP) is 5.15. The van der Waals surface area contributed by atoms with Gasteiger partial charge in [0.1, 0.15) is 12.4 Å². The van der Waals surface area contributed by atoms with Gasteiger partial charge in [-0.05, 0) is 72.8 Å². The van der Waals surface area contributed by atoms with Gasteiger partial charge in [-0.3, -0.25) is 9.59 Å². The molecule has 0 unspecified atom stereocenters. The molecule has 0 atom stereocenters. The molecule has 0 aliphatic rings. The molecule has 2 N–H and O–H groups in total. The molecule has 0 spiro atoms. The third-order valence-electron chi connectivity index (χ3n) is 3.94. The van der Waals surface area contributed by atoms with Crippen molar-refractivity contribution in [2.75, 3.05) is 10.6 Å². The lowest BCUT2D eigenvalue weighted by Gasteiger charge is -2.07. The summed E-state index contributed by atoms with van der Waals surface area (Å²) in [7, 11) is 0. The van der Waals surface area contributed by atoms with Crippen molar-refractivity contribution in [3.05, 3.63) is 75.5 Å². The Balaban J connectivity index is 1.58. The van der Waals surface area contributed by atoms with E-state index in [-0.39, 0.29) is 11.8 Å². The van der Waals surface area contributed by atoms with Crippen molar-refractivity contribution in [2.45, 2.75) is 27.4 Å². The van der Waals surface area contributed by atoms with Crippen LogP contribution in [0.3, 0.4) is 0 Å². The highest BCUT2D eigenvalue weighted by molar-refractivity contribution is 7.12. The minimum atomic E-state index is -0.171. The fourth-order valence-electron chi connectivity index (χ4n) is 2.79. The SMILES string of the molecule is CC(=O)Nc1ccc(NC(=O)c2cc(COc3cc(C)cc(C)c3)cs2)cc1. The number of carbonyl (C=O) groups is 2. The number of rotatable bonds is 6. The smallest absolute Gasteiger partial charge is 0.265 e. The second-order valence-corrected chi connectivity index (χ2v) is 7.56. The first-order valence-corrected chi connectivity index (χ1v) is 9.74. The number of anilines is 2. The van der Waals surface area contributed by atoms with Crippen molar-refractivity contribution in [3.8, 4) is 5.75 Å². The summed E-state index contributed by atoms with van der Waals surface area (Å²) in [6.07, 6.45) is 0. The predicted molar refractivity (Wildman–Crippen MR) is 113 cm³/mol. The molecule has 28 heavy (non-hydrogen) atoms. The molecule has 3 rings (SSSR count). The van der Waals surface area contributed by atoms with Gasteiger partial charge in [0.2, 0.25) is 5.91 Å². The van der Waals surface area contributed by atoms with E-state index in [2.05, 4.69) is 16.7 Å². The molecule has 2 aromatic carbocycles. The molecule has 1 heterocycles. The molecule has 1 aromatic heterocycles. The second kappa shape index (κ2) is 8.71. The van der Waals surface area contributed by atoms with Crippen LogP contribution >= 0.6 is 11.3 Å². The first-order valence-electron chi connectivity index (χ1n) is 8.86. The maximum atomic E-state index is 12.4. The van der Waals surface area contributed by atoms with Crippen LogP contribution in [0.15, 0.2) is 53.9 Å². The highest BCUT2D eigenvalue weighted by atomic mass is 32.1. The molecule has 3 aromatic rings. The average molecular weight is 394 g/mol. The first-order chi connectivity index (χ1) is 13.4. The van der Waals surface area contributed by atoms with Gasteiger partial charge in [0, 0.05) is 23.9 Å². The Morgan fingerprint density at radius 3 is 2.14 bits per heavy atom. The van der Waals surface area contributed by atoms with Gasteiger partial charge in [-0.1, -0.05) is 6.07 Å². The van der Waals surface area contributed by atoms with Gasteiger partial charge in [-0.15, -0.1) is 11.3 Å². The highest BCUT2D eigenvalue weighted by Gasteiger charge is 2.10. The Kier molecular flexibility index (Phi) is 6.11. The minimum Gasteiger partial charge on any atom is -0.489 e. The van der Waals surface area contributed by atoms with Gasteiger partial charge in [-0.2, -0.15) is 0 Å². The topological polar surface area (TPSA) is 67.4 Å². The van der Waals surface area contributed by atoms with Gasteiger partial charge in [0.05, 0.1) is 4.88 Å². The number of ether oxygens (including phenoxy) is 1. The molecule has 5 nitrogen and oxygen atoms in total. The maximum absolute atomic E-state index is 12.4. The lowest BCUT2D eigenvalue weighted by atomic mass is 10.1. The van der Waals surface area contributed by atoms with E-state index in [0.29, 0.717) is 22.9 Å². The number of hydrogen-bond acceptors (Lipinski definition) is 4. The normalized spacial score (nSPS) is 10.4. The van der Waals surface area contributed by atoms with Crippen LogP contribution in [-0.4, -0.2) is 11.8 Å². The summed E-state index contributed by atoms with van der Waals surface area (Å²) >= 11 is 1.38. The Labute approximate surface area is 168 Å². The fraction of sp³-hybridized carbons (Fsp3) is 0.182. The summed E-state index contributed by atoms with van der Waals surface area (Å²) in [4.78, 5) is 24.1. The van der Waals surface area contributed by atoms with E-state index in [0.717, 1.165) is 22.4 Å². The summed E-state index contributed by atoms with van der Waals surface area (Å²) in [5.41, 5.74) is 4.62.